The van der Waals surface area contributed by atoms with Crippen LogP contribution in [0.5, 0.6) is 5.75 Å². The molecule has 35 heavy (non-hydrogen) atoms. The summed E-state index contributed by atoms with van der Waals surface area (Å²) in [4.78, 5) is 25.6. The highest BCUT2D eigenvalue weighted by molar-refractivity contribution is 5.91. The molecule has 5 rings (SSSR count). The second-order valence-electron chi connectivity index (χ2n) is 11.6. The van der Waals surface area contributed by atoms with Gasteiger partial charge in [0.2, 0.25) is 0 Å². The topological polar surface area (TPSA) is 55.4 Å². The van der Waals surface area contributed by atoms with Gasteiger partial charge in [0, 0.05) is 48.1 Å². The third-order valence-electron chi connectivity index (χ3n) is 9.86. The summed E-state index contributed by atoms with van der Waals surface area (Å²) < 4.78 is 43.4. The molecule has 2 saturated carbocycles. The molecule has 6 atom stereocenters. The van der Waals surface area contributed by atoms with E-state index in [9.17, 15) is 22.8 Å². The largest absolute Gasteiger partial charge is 0.573 e. The zero-order valence-electron chi connectivity index (χ0n) is 20.6. The van der Waals surface area contributed by atoms with E-state index in [1.807, 2.05) is 0 Å². The highest BCUT2D eigenvalue weighted by atomic mass is 19.4. The maximum absolute atomic E-state index is 13.6. The van der Waals surface area contributed by atoms with Crippen molar-refractivity contribution in [2.75, 3.05) is 6.54 Å². The molecule has 4 aliphatic rings. The van der Waals surface area contributed by atoms with Crippen LogP contribution in [0, 0.1) is 41.4 Å². The van der Waals surface area contributed by atoms with E-state index >= 15 is 0 Å². The Morgan fingerprint density at radius 1 is 1.14 bits per heavy atom. The number of benzene rings is 1. The van der Waals surface area contributed by atoms with Gasteiger partial charge in [0.1, 0.15) is 11.5 Å². The van der Waals surface area contributed by atoms with E-state index in [2.05, 4.69) is 23.9 Å². The van der Waals surface area contributed by atoms with E-state index in [0.29, 0.717) is 35.3 Å². The van der Waals surface area contributed by atoms with E-state index in [-0.39, 0.29) is 40.5 Å². The molecule has 0 bridgehead atoms. The number of alkyl halides is 3. The molecule has 1 aliphatic heterocycles. The van der Waals surface area contributed by atoms with Gasteiger partial charge in [-0.25, -0.2) is 0 Å². The van der Waals surface area contributed by atoms with Gasteiger partial charge in [0.25, 0.3) is 0 Å². The van der Waals surface area contributed by atoms with Gasteiger partial charge in [-0.15, -0.1) is 13.2 Å². The first kappa shape index (κ1) is 24.4. The summed E-state index contributed by atoms with van der Waals surface area (Å²) in [6, 6.07) is 4.82. The minimum Gasteiger partial charge on any atom is -0.405 e. The van der Waals surface area contributed by atoms with Crippen molar-refractivity contribution in [3.8, 4) is 5.75 Å². The molecule has 0 aromatic heterocycles. The molecule has 190 valence electrons. The number of carbonyl (C=O) groups excluding carboxylic acids is 2. The lowest BCUT2D eigenvalue weighted by molar-refractivity contribution is -0.275. The van der Waals surface area contributed by atoms with Gasteiger partial charge in [-0.05, 0) is 67.8 Å². The number of ether oxygens (including phenoxy) is 1. The van der Waals surface area contributed by atoms with Crippen molar-refractivity contribution in [1.29, 1.82) is 0 Å². The van der Waals surface area contributed by atoms with E-state index in [1.165, 1.54) is 0 Å². The standard InChI is InChI=1S/C28H34F3NO3/c1-16-5-4-6-17(25(16)35-28(29,30)31)13-23(34)22-8-7-20-19-15-32-24-14-18(33)9-11-27(24,3)21(19)10-12-26(20,22)2/h4-6,14,19-22,32H,7-13,15H2,1-3H3/t19?,20?,21?,22?,26-,27+/m0/s1. The minimum atomic E-state index is -4.80. The van der Waals surface area contributed by atoms with Gasteiger partial charge < -0.3 is 10.1 Å². The van der Waals surface area contributed by atoms with Crippen molar-refractivity contribution < 1.29 is 27.5 Å². The second-order valence-corrected chi connectivity index (χ2v) is 11.6. The number of hydrogen-bond donors (Lipinski definition) is 1. The van der Waals surface area contributed by atoms with Gasteiger partial charge in [-0.1, -0.05) is 32.0 Å². The van der Waals surface area contributed by atoms with Crippen LogP contribution in [0.25, 0.3) is 0 Å². The Kier molecular flexibility index (Phi) is 5.84. The average molecular weight is 490 g/mol. The Morgan fingerprint density at radius 2 is 1.91 bits per heavy atom. The predicted octanol–water partition coefficient (Wildman–Crippen LogP) is 5.92. The number of aryl methyl sites for hydroxylation is 1. The first-order valence-electron chi connectivity index (χ1n) is 12.8. The van der Waals surface area contributed by atoms with Crippen LogP contribution in [0.1, 0.15) is 63.5 Å². The molecule has 3 aliphatic carbocycles. The van der Waals surface area contributed by atoms with Crippen molar-refractivity contribution >= 4 is 11.6 Å². The summed E-state index contributed by atoms with van der Waals surface area (Å²) in [5.41, 5.74) is 1.59. The van der Waals surface area contributed by atoms with Gasteiger partial charge in [0.15, 0.2) is 5.78 Å². The molecular formula is C28H34F3NO3. The Labute approximate surface area is 204 Å². The molecule has 7 heteroatoms. The van der Waals surface area contributed by atoms with Crippen molar-refractivity contribution in [2.24, 2.45) is 34.5 Å². The summed E-state index contributed by atoms with van der Waals surface area (Å²) >= 11 is 0. The molecule has 4 unspecified atom stereocenters. The minimum absolute atomic E-state index is 0.0184. The lowest BCUT2D eigenvalue weighted by atomic mass is 9.49. The molecule has 0 spiro atoms. The Morgan fingerprint density at radius 3 is 2.66 bits per heavy atom. The Balaban J connectivity index is 1.36. The zero-order valence-corrected chi connectivity index (χ0v) is 20.6. The third-order valence-corrected chi connectivity index (χ3v) is 9.86. The van der Waals surface area contributed by atoms with E-state index < -0.39 is 6.36 Å². The predicted molar refractivity (Wildman–Crippen MR) is 126 cm³/mol. The number of hydrogen-bond acceptors (Lipinski definition) is 4. The number of allylic oxidation sites excluding steroid dienone is 2. The summed E-state index contributed by atoms with van der Waals surface area (Å²) in [7, 11) is 0. The number of para-hydroxylation sites is 1. The Hall–Kier alpha value is -2.31. The lowest BCUT2D eigenvalue weighted by Gasteiger charge is -2.58. The number of nitrogens with one attached hydrogen (secondary N) is 1. The van der Waals surface area contributed by atoms with Gasteiger partial charge in [0.05, 0.1) is 0 Å². The second kappa shape index (κ2) is 8.38. The first-order chi connectivity index (χ1) is 16.4. The van der Waals surface area contributed by atoms with E-state index in [1.54, 1.807) is 31.2 Å². The third kappa shape index (κ3) is 4.09. The van der Waals surface area contributed by atoms with Crippen LogP contribution in [0.2, 0.25) is 0 Å². The van der Waals surface area contributed by atoms with Gasteiger partial charge >= 0.3 is 6.36 Å². The van der Waals surface area contributed by atoms with E-state index in [0.717, 1.165) is 44.3 Å². The molecular weight excluding hydrogens is 455 g/mol. The fourth-order valence-corrected chi connectivity index (χ4v) is 8.10. The number of piperidine rings is 1. The fourth-order valence-electron chi connectivity index (χ4n) is 8.10. The van der Waals surface area contributed by atoms with E-state index in [4.69, 9.17) is 0 Å². The highest BCUT2D eigenvalue weighted by Crippen LogP contribution is 2.64. The molecule has 1 saturated heterocycles. The van der Waals surface area contributed by atoms with Crippen molar-refractivity contribution in [3.63, 3.8) is 0 Å². The maximum atomic E-state index is 13.6. The summed E-state index contributed by atoms with van der Waals surface area (Å²) in [5.74, 6) is 1.12. The molecule has 1 heterocycles. The lowest BCUT2D eigenvalue weighted by Crippen LogP contribution is -2.57. The summed E-state index contributed by atoms with van der Waals surface area (Å²) in [5, 5.41) is 3.57. The van der Waals surface area contributed by atoms with Crippen molar-refractivity contribution in [2.45, 2.75) is 72.1 Å². The first-order valence-corrected chi connectivity index (χ1v) is 12.8. The van der Waals surface area contributed by atoms with Crippen molar-refractivity contribution in [3.05, 3.63) is 41.1 Å². The SMILES string of the molecule is Cc1cccc(CC(=O)C2CCC3C4CNC5=CC(=O)CC[C@]5(C)C4CC[C@]23C)c1OC(F)(F)F. The fraction of sp³-hybridized carbons (Fsp3) is 0.643. The van der Waals surface area contributed by atoms with Crippen molar-refractivity contribution in [1.82, 2.24) is 5.32 Å². The molecule has 0 amide bonds. The number of ketones is 2. The molecule has 1 aromatic rings. The molecule has 3 fully saturated rings. The normalized spacial score (nSPS) is 36.4. The van der Waals surface area contributed by atoms with Crippen LogP contribution in [-0.2, 0) is 16.0 Å². The van der Waals surface area contributed by atoms with Crippen LogP contribution in [0.4, 0.5) is 13.2 Å². The van der Waals surface area contributed by atoms with Crippen LogP contribution in [0.15, 0.2) is 30.0 Å². The van der Waals surface area contributed by atoms with Crippen LogP contribution >= 0.6 is 0 Å². The number of fused-ring (bicyclic) bond motifs is 5. The van der Waals surface area contributed by atoms with Gasteiger partial charge in [-0.2, -0.15) is 0 Å². The highest BCUT2D eigenvalue weighted by Gasteiger charge is 2.60. The van der Waals surface area contributed by atoms with Gasteiger partial charge in [-0.3, -0.25) is 9.59 Å². The monoisotopic (exact) mass is 489 g/mol. The molecule has 4 nitrogen and oxygen atoms in total. The van der Waals surface area contributed by atoms with Crippen LogP contribution in [-0.4, -0.2) is 24.5 Å². The Bertz CT molecular complexity index is 1080. The quantitative estimate of drug-likeness (QED) is 0.571. The van der Waals surface area contributed by atoms with Crippen LogP contribution in [0.3, 0.4) is 0 Å². The number of halogens is 3. The average Bonchev–Trinajstić information content (AvgIpc) is 3.13. The summed E-state index contributed by atoms with van der Waals surface area (Å²) in [6.07, 6.45) is 2.11. The smallest absolute Gasteiger partial charge is 0.405 e. The molecule has 1 aromatic carbocycles. The number of Topliss-reactive ketones (excluding diaryl/α,β-unsaturated/α-hetero) is 1. The van der Waals surface area contributed by atoms with Crippen LogP contribution < -0.4 is 10.1 Å². The zero-order chi connectivity index (χ0) is 25.2. The molecule has 0 radical (unpaired) electrons. The number of rotatable bonds is 4. The summed E-state index contributed by atoms with van der Waals surface area (Å²) in [6.45, 7) is 6.91. The number of carbonyl (C=O) groups is 2. The molecule has 1 N–H and O–H groups in total. The maximum Gasteiger partial charge on any atom is 0.573 e.